The van der Waals surface area contributed by atoms with Crippen molar-refractivity contribution in [3.8, 4) is 0 Å². The summed E-state index contributed by atoms with van der Waals surface area (Å²) in [6.07, 6.45) is 2.28. The highest BCUT2D eigenvalue weighted by Crippen LogP contribution is 2.20. The summed E-state index contributed by atoms with van der Waals surface area (Å²) in [4.78, 5) is 14.1. The zero-order valence-electron chi connectivity index (χ0n) is 11.1. The monoisotopic (exact) mass is 260 g/mol. The molecule has 1 aromatic rings. The second kappa shape index (κ2) is 6.47. The van der Waals surface area contributed by atoms with E-state index >= 15 is 0 Å². The summed E-state index contributed by atoms with van der Waals surface area (Å²) in [6.45, 7) is 5.57. The second-order valence-corrected chi connectivity index (χ2v) is 4.83. The molecule has 19 heavy (non-hydrogen) atoms. The van der Waals surface area contributed by atoms with Crippen LogP contribution >= 0.6 is 0 Å². The molecule has 0 aliphatic carbocycles. The topological polar surface area (TPSA) is 87.1 Å². The van der Waals surface area contributed by atoms with E-state index in [1.165, 1.54) is 6.26 Å². The Bertz CT molecular complexity index is 526. The highest BCUT2D eigenvalue weighted by molar-refractivity contribution is 5.70. The summed E-state index contributed by atoms with van der Waals surface area (Å²) in [5.74, 6) is 0. The quantitative estimate of drug-likeness (QED) is 0.383. The Labute approximate surface area is 111 Å². The fourth-order valence-corrected chi connectivity index (χ4v) is 1.27. The summed E-state index contributed by atoms with van der Waals surface area (Å²) in [7, 11) is 0. The molecular formula is C13H16N4O2. The van der Waals surface area contributed by atoms with Crippen molar-refractivity contribution in [3.63, 3.8) is 0 Å². The van der Waals surface area contributed by atoms with E-state index in [1.807, 2.05) is 20.8 Å². The van der Waals surface area contributed by atoms with Gasteiger partial charge in [-0.05, 0) is 37.9 Å². The first-order chi connectivity index (χ1) is 8.92. The Hall–Kier alpha value is -2.46. The lowest BCUT2D eigenvalue weighted by Gasteiger charge is -2.18. The van der Waals surface area contributed by atoms with Crippen molar-refractivity contribution in [2.45, 2.75) is 26.3 Å². The van der Waals surface area contributed by atoms with Crippen molar-refractivity contribution < 1.29 is 9.53 Å². The summed E-state index contributed by atoms with van der Waals surface area (Å²) in [5.41, 5.74) is 9.21. The molecule has 1 amide bonds. The average Bonchev–Trinajstić information content (AvgIpc) is 2.29. The Morgan fingerprint density at radius 3 is 2.74 bits per heavy atom. The van der Waals surface area contributed by atoms with Gasteiger partial charge in [-0.2, -0.15) is 0 Å². The van der Waals surface area contributed by atoms with Gasteiger partial charge in [0, 0.05) is 16.1 Å². The highest BCUT2D eigenvalue weighted by Gasteiger charge is 2.13. The molecule has 6 nitrogen and oxygen atoms in total. The number of amides is 1. The van der Waals surface area contributed by atoms with Crippen molar-refractivity contribution in [1.82, 2.24) is 5.32 Å². The molecule has 0 radical (unpaired) electrons. The van der Waals surface area contributed by atoms with Gasteiger partial charge in [0.2, 0.25) is 0 Å². The zero-order chi connectivity index (χ0) is 14.3. The number of ether oxygens (including phenoxy) is 1. The predicted molar refractivity (Wildman–Crippen MR) is 73.7 cm³/mol. The number of carbonyl (C=O) groups is 1. The van der Waals surface area contributed by atoms with Crippen molar-refractivity contribution >= 4 is 17.9 Å². The molecule has 0 saturated carbocycles. The molecule has 0 aliphatic rings. The lowest BCUT2D eigenvalue weighted by atomic mass is 10.1. The van der Waals surface area contributed by atoms with E-state index in [0.29, 0.717) is 11.3 Å². The first-order valence-electron chi connectivity index (χ1n) is 5.72. The van der Waals surface area contributed by atoms with Gasteiger partial charge >= 0.3 is 6.09 Å². The molecule has 0 saturated heterocycles. The number of nitrogens with zero attached hydrogens (tertiary/aromatic N) is 3. The highest BCUT2D eigenvalue weighted by atomic mass is 16.5. The molecule has 1 N–H and O–H groups in total. The van der Waals surface area contributed by atoms with Crippen LogP contribution in [-0.4, -0.2) is 11.6 Å². The van der Waals surface area contributed by atoms with Crippen LogP contribution in [0.15, 0.2) is 35.6 Å². The van der Waals surface area contributed by atoms with E-state index in [0.717, 1.165) is 0 Å². The number of hydrogen-bond donors (Lipinski definition) is 1. The molecule has 0 bridgehead atoms. The maximum atomic E-state index is 11.4. The number of nitrogens with one attached hydrogen (secondary N) is 1. The zero-order valence-corrected chi connectivity index (χ0v) is 11.1. The van der Waals surface area contributed by atoms with Gasteiger partial charge in [0.05, 0.1) is 6.26 Å². The largest absolute Gasteiger partial charge is 0.418 e. The maximum Gasteiger partial charge on any atom is 0.412 e. The number of rotatable bonds is 3. The minimum atomic E-state index is -0.537. The minimum absolute atomic E-state index is 0.353. The van der Waals surface area contributed by atoms with Crippen LogP contribution in [0, 0.1) is 0 Å². The molecule has 0 aliphatic heterocycles. The molecule has 6 heteroatoms. The second-order valence-electron chi connectivity index (χ2n) is 4.83. The number of hydrogen-bond acceptors (Lipinski definition) is 3. The van der Waals surface area contributed by atoms with E-state index in [2.05, 4.69) is 15.3 Å². The summed E-state index contributed by atoms with van der Waals surface area (Å²) < 4.78 is 4.89. The minimum Gasteiger partial charge on any atom is -0.418 e. The van der Waals surface area contributed by atoms with Crippen LogP contribution in [0.1, 0.15) is 26.3 Å². The number of benzene rings is 1. The number of azide groups is 1. The molecular weight excluding hydrogens is 244 g/mol. The third-order valence-electron chi connectivity index (χ3n) is 1.99. The third-order valence-corrected chi connectivity index (χ3v) is 1.99. The van der Waals surface area contributed by atoms with Crippen LogP contribution in [0.4, 0.5) is 10.5 Å². The smallest absolute Gasteiger partial charge is 0.412 e. The van der Waals surface area contributed by atoms with Crippen molar-refractivity contribution in [2.75, 3.05) is 0 Å². The molecule has 0 spiro atoms. The average molecular weight is 260 g/mol. The van der Waals surface area contributed by atoms with E-state index in [4.69, 9.17) is 10.3 Å². The van der Waals surface area contributed by atoms with E-state index in [9.17, 15) is 4.79 Å². The van der Waals surface area contributed by atoms with Crippen molar-refractivity contribution in [1.29, 1.82) is 0 Å². The van der Waals surface area contributed by atoms with Crippen LogP contribution in [0.5, 0.6) is 0 Å². The van der Waals surface area contributed by atoms with Gasteiger partial charge in [-0.15, -0.1) is 0 Å². The Morgan fingerprint density at radius 1 is 1.42 bits per heavy atom. The standard InChI is InChI=1S/C13H16N4O2/c1-13(2,3)15-12(18)19-9-8-10-6-4-5-7-11(10)16-17-14/h4-9H,1-3H3,(H,15,18). The first-order valence-corrected chi connectivity index (χ1v) is 5.72. The molecule has 0 fully saturated rings. The fourth-order valence-electron chi connectivity index (χ4n) is 1.27. The molecule has 0 unspecified atom stereocenters. The lowest BCUT2D eigenvalue weighted by Crippen LogP contribution is -2.40. The predicted octanol–water partition coefficient (Wildman–Crippen LogP) is 4.12. The van der Waals surface area contributed by atoms with Gasteiger partial charge in [-0.25, -0.2) is 4.79 Å². The lowest BCUT2D eigenvalue weighted by molar-refractivity contribution is 0.176. The Kier molecular flexibility index (Phi) is 4.97. The van der Waals surface area contributed by atoms with Crippen LogP contribution in [0.25, 0.3) is 16.5 Å². The molecule has 100 valence electrons. The number of carbonyl (C=O) groups excluding carboxylic acids is 1. The van der Waals surface area contributed by atoms with Crippen molar-refractivity contribution in [2.24, 2.45) is 5.11 Å². The maximum absolute atomic E-state index is 11.4. The molecule has 0 atom stereocenters. The van der Waals surface area contributed by atoms with E-state index < -0.39 is 6.09 Å². The van der Waals surface area contributed by atoms with Gasteiger partial charge in [-0.3, -0.25) is 0 Å². The van der Waals surface area contributed by atoms with Crippen molar-refractivity contribution in [3.05, 3.63) is 46.5 Å². The molecule has 0 aromatic heterocycles. The summed E-state index contributed by atoms with van der Waals surface area (Å²) in [6, 6.07) is 6.99. The van der Waals surface area contributed by atoms with Gasteiger partial charge in [0.25, 0.3) is 0 Å². The summed E-state index contributed by atoms with van der Waals surface area (Å²) in [5, 5.41) is 6.19. The Morgan fingerprint density at radius 2 is 2.11 bits per heavy atom. The van der Waals surface area contributed by atoms with Crippen LogP contribution in [-0.2, 0) is 4.74 Å². The van der Waals surface area contributed by atoms with Gasteiger partial charge in [0.1, 0.15) is 0 Å². The van der Waals surface area contributed by atoms with Crippen LogP contribution in [0.2, 0.25) is 0 Å². The van der Waals surface area contributed by atoms with Gasteiger partial charge in [-0.1, -0.05) is 29.4 Å². The van der Waals surface area contributed by atoms with Gasteiger partial charge < -0.3 is 10.1 Å². The van der Waals surface area contributed by atoms with Crippen LogP contribution in [0.3, 0.4) is 0 Å². The molecule has 1 aromatic carbocycles. The molecule has 1 rings (SSSR count). The normalized spacial score (nSPS) is 10.9. The van der Waals surface area contributed by atoms with Crippen LogP contribution < -0.4 is 5.32 Å². The fraction of sp³-hybridized carbons (Fsp3) is 0.308. The number of alkyl carbamates (subject to hydrolysis) is 1. The Balaban J connectivity index is 2.68. The molecule has 0 heterocycles. The van der Waals surface area contributed by atoms with Gasteiger partial charge in [0.15, 0.2) is 0 Å². The third kappa shape index (κ3) is 5.61. The van der Waals surface area contributed by atoms with E-state index in [-0.39, 0.29) is 5.54 Å². The first kappa shape index (κ1) is 14.6. The SMILES string of the molecule is CC(C)(C)NC(=O)OC=Cc1ccccc1N=[N+]=[N-]. The van der Waals surface area contributed by atoms with E-state index in [1.54, 1.807) is 30.3 Å². The summed E-state index contributed by atoms with van der Waals surface area (Å²) >= 11 is 0.